The average molecular weight is 268 g/mol. The summed E-state index contributed by atoms with van der Waals surface area (Å²) in [7, 11) is -3.21. The zero-order valence-electron chi connectivity index (χ0n) is 10.1. The Balaban J connectivity index is 1.91. The summed E-state index contributed by atoms with van der Waals surface area (Å²) in [5.41, 5.74) is 1.48. The summed E-state index contributed by atoms with van der Waals surface area (Å²) in [5.74, 6) is 0.952. The van der Waals surface area contributed by atoms with E-state index in [1.165, 1.54) is 0 Å². The van der Waals surface area contributed by atoms with Crippen LogP contribution in [0.3, 0.4) is 0 Å². The van der Waals surface area contributed by atoms with Crippen molar-refractivity contribution in [2.45, 2.75) is 0 Å². The van der Waals surface area contributed by atoms with Crippen LogP contribution in [0.1, 0.15) is 0 Å². The third kappa shape index (κ3) is 3.92. The van der Waals surface area contributed by atoms with E-state index in [4.69, 9.17) is 0 Å². The highest BCUT2D eigenvalue weighted by atomic mass is 32.2. The lowest BCUT2D eigenvalue weighted by Gasteiger charge is -2.08. The molecule has 0 radical (unpaired) electrons. The molecule has 0 atom stereocenters. The van der Waals surface area contributed by atoms with Gasteiger partial charge >= 0.3 is 0 Å². The second-order valence-electron chi connectivity index (χ2n) is 4.06. The van der Waals surface area contributed by atoms with Crippen molar-refractivity contribution in [1.29, 1.82) is 0 Å². The average Bonchev–Trinajstić information content (AvgIpc) is 2.79. The van der Waals surface area contributed by atoms with Crippen LogP contribution in [-0.2, 0) is 10.0 Å². The van der Waals surface area contributed by atoms with Crippen molar-refractivity contribution in [1.82, 2.24) is 5.32 Å². The fraction of sp³-hybridized carbons (Fsp3) is 0.364. The largest absolute Gasteiger partial charge is 0.378 e. The van der Waals surface area contributed by atoms with E-state index in [2.05, 4.69) is 20.3 Å². The Bertz CT molecular complexity index is 537. The van der Waals surface area contributed by atoms with Gasteiger partial charge in [0.1, 0.15) is 5.84 Å². The lowest BCUT2D eigenvalue weighted by atomic mass is 10.3. The Morgan fingerprint density at radius 3 is 2.50 bits per heavy atom. The standard InChI is InChI=1S/C11H16N4O2S/c1-18(16,17)15-10-4-2-9(3-5-10)14-8-11-12-6-7-13-11/h2-5,14-15H,6-8H2,1H3,(H,12,13). The van der Waals surface area contributed by atoms with Gasteiger partial charge in [0.05, 0.1) is 19.3 Å². The lowest BCUT2D eigenvalue weighted by molar-refractivity contribution is 0.607. The van der Waals surface area contributed by atoms with Gasteiger partial charge in [0.25, 0.3) is 0 Å². The Hall–Kier alpha value is -1.76. The zero-order chi connectivity index (χ0) is 13.0. The van der Waals surface area contributed by atoms with Crippen molar-refractivity contribution in [2.24, 2.45) is 4.99 Å². The molecular weight excluding hydrogens is 252 g/mol. The molecule has 0 spiro atoms. The molecule has 18 heavy (non-hydrogen) atoms. The summed E-state index contributed by atoms with van der Waals surface area (Å²) in [6.45, 7) is 2.38. The van der Waals surface area contributed by atoms with E-state index in [1.54, 1.807) is 12.1 Å². The molecule has 0 aromatic heterocycles. The Kier molecular flexibility index (Phi) is 3.71. The number of nitrogens with one attached hydrogen (secondary N) is 3. The van der Waals surface area contributed by atoms with Gasteiger partial charge in [-0.15, -0.1) is 0 Å². The van der Waals surface area contributed by atoms with Crippen molar-refractivity contribution in [3.8, 4) is 0 Å². The number of rotatable bonds is 5. The summed E-state index contributed by atoms with van der Waals surface area (Å²) < 4.78 is 24.5. The first-order valence-electron chi connectivity index (χ1n) is 5.62. The van der Waals surface area contributed by atoms with Crippen LogP contribution >= 0.6 is 0 Å². The number of anilines is 2. The molecule has 0 unspecified atom stereocenters. The van der Waals surface area contributed by atoms with Gasteiger partial charge in [-0.05, 0) is 24.3 Å². The van der Waals surface area contributed by atoms with E-state index in [9.17, 15) is 8.42 Å². The fourth-order valence-electron chi connectivity index (χ4n) is 1.62. The summed E-state index contributed by atoms with van der Waals surface area (Å²) >= 11 is 0. The molecule has 0 saturated carbocycles. The second-order valence-corrected chi connectivity index (χ2v) is 5.81. The van der Waals surface area contributed by atoms with Crippen LogP contribution < -0.4 is 15.4 Å². The lowest BCUT2D eigenvalue weighted by Crippen LogP contribution is -2.26. The minimum absolute atomic E-state index is 0.555. The van der Waals surface area contributed by atoms with Gasteiger partial charge in [0.2, 0.25) is 10.0 Å². The molecule has 1 aliphatic rings. The van der Waals surface area contributed by atoms with Gasteiger partial charge in [-0.25, -0.2) is 8.42 Å². The fourth-order valence-corrected chi connectivity index (χ4v) is 2.19. The number of hydrogen-bond donors (Lipinski definition) is 3. The molecule has 0 aliphatic carbocycles. The molecule has 1 aliphatic heterocycles. The summed E-state index contributed by atoms with van der Waals surface area (Å²) in [6, 6.07) is 7.08. The van der Waals surface area contributed by atoms with Gasteiger partial charge < -0.3 is 10.6 Å². The molecule has 1 aromatic rings. The van der Waals surface area contributed by atoms with E-state index in [0.717, 1.165) is 30.9 Å². The minimum Gasteiger partial charge on any atom is -0.378 e. The molecule has 7 heteroatoms. The van der Waals surface area contributed by atoms with Gasteiger partial charge in [0.15, 0.2) is 0 Å². The maximum Gasteiger partial charge on any atom is 0.229 e. The number of amidine groups is 1. The Morgan fingerprint density at radius 2 is 1.94 bits per heavy atom. The van der Waals surface area contributed by atoms with Crippen LogP contribution in [0.4, 0.5) is 11.4 Å². The topological polar surface area (TPSA) is 82.6 Å². The van der Waals surface area contributed by atoms with Crippen molar-refractivity contribution in [3.63, 3.8) is 0 Å². The highest BCUT2D eigenvalue weighted by Crippen LogP contribution is 2.14. The van der Waals surface area contributed by atoms with E-state index >= 15 is 0 Å². The van der Waals surface area contributed by atoms with Crippen molar-refractivity contribution < 1.29 is 8.42 Å². The van der Waals surface area contributed by atoms with Crippen LogP contribution in [-0.4, -0.2) is 40.1 Å². The van der Waals surface area contributed by atoms with Gasteiger partial charge in [-0.1, -0.05) is 0 Å². The molecular formula is C11H16N4O2S. The van der Waals surface area contributed by atoms with E-state index in [0.29, 0.717) is 12.2 Å². The van der Waals surface area contributed by atoms with Crippen LogP contribution in [0.2, 0.25) is 0 Å². The number of benzene rings is 1. The molecule has 0 bridgehead atoms. The summed E-state index contributed by atoms with van der Waals surface area (Å²) in [5, 5.41) is 6.37. The maximum atomic E-state index is 11.0. The van der Waals surface area contributed by atoms with Crippen LogP contribution in [0.5, 0.6) is 0 Å². The molecule has 0 amide bonds. The molecule has 2 rings (SSSR count). The van der Waals surface area contributed by atoms with E-state index in [1.807, 2.05) is 12.1 Å². The third-order valence-corrected chi connectivity index (χ3v) is 3.00. The molecule has 0 saturated heterocycles. The summed E-state index contributed by atoms with van der Waals surface area (Å²) in [4.78, 5) is 4.27. The molecule has 98 valence electrons. The predicted octanol–water partition coefficient (Wildman–Crippen LogP) is 0.472. The minimum atomic E-state index is -3.21. The molecule has 1 aromatic carbocycles. The van der Waals surface area contributed by atoms with Gasteiger partial charge in [-0.3, -0.25) is 9.71 Å². The first-order chi connectivity index (χ1) is 8.53. The van der Waals surface area contributed by atoms with Crippen LogP contribution in [0.25, 0.3) is 0 Å². The normalized spacial score (nSPS) is 14.8. The monoisotopic (exact) mass is 268 g/mol. The molecule has 0 fully saturated rings. The zero-order valence-corrected chi connectivity index (χ0v) is 10.9. The highest BCUT2D eigenvalue weighted by Gasteiger charge is 2.04. The van der Waals surface area contributed by atoms with Crippen molar-refractivity contribution in [2.75, 3.05) is 35.9 Å². The number of nitrogens with zero attached hydrogens (tertiary/aromatic N) is 1. The maximum absolute atomic E-state index is 11.0. The highest BCUT2D eigenvalue weighted by molar-refractivity contribution is 7.92. The Labute approximate surface area is 107 Å². The predicted molar refractivity (Wildman–Crippen MR) is 73.7 cm³/mol. The summed E-state index contributed by atoms with van der Waals surface area (Å²) in [6.07, 6.45) is 1.13. The van der Waals surface area contributed by atoms with E-state index < -0.39 is 10.0 Å². The quantitative estimate of drug-likeness (QED) is 0.725. The van der Waals surface area contributed by atoms with Crippen LogP contribution in [0.15, 0.2) is 29.3 Å². The number of aliphatic imine (C=N–C) groups is 1. The smallest absolute Gasteiger partial charge is 0.229 e. The SMILES string of the molecule is CS(=O)(=O)Nc1ccc(NCC2=NCCN2)cc1. The van der Waals surface area contributed by atoms with Gasteiger partial charge in [0, 0.05) is 17.9 Å². The molecule has 1 heterocycles. The number of sulfonamides is 1. The van der Waals surface area contributed by atoms with E-state index in [-0.39, 0.29) is 0 Å². The van der Waals surface area contributed by atoms with Crippen molar-refractivity contribution in [3.05, 3.63) is 24.3 Å². The molecule has 3 N–H and O–H groups in total. The second kappa shape index (κ2) is 5.26. The third-order valence-electron chi connectivity index (χ3n) is 2.39. The van der Waals surface area contributed by atoms with Crippen molar-refractivity contribution >= 4 is 27.2 Å². The van der Waals surface area contributed by atoms with Gasteiger partial charge in [-0.2, -0.15) is 0 Å². The first-order valence-corrected chi connectivity index (χ1v) is 7.51. The molecule has 6 nitrogen and oxygen atoms in total. The van der Waals surface area contributed by atoms with Crippen LogP contribution in [0, 0.1) is 0 Å². The first kappa shape index (κ1) is 12.7. The Morgan fingerprint density at radius 1 is 1.28 bits per heavy atom. The number of hydrogen-bond acceptors (Lipinski definition) is 5.